The van der Waals surface area contributed by atoms with Gasteiger partial charge in [0.15, 0.2) is 0 Å². The second-order valence-corrected chi connectivity index (χ2v) is 7.24. The lowest BCUT2D eigenvalue weighted by Gasteiger charge is -2.28. The van der Waals surface area contributed by atoms with E-state index in [2.05, 4.69) is 12.0 Å². The highest BCUT2D eigenvalue weighted by Crippen LogP contribution is 2.41. The number of carbonyl (C=O) groups is 1. The van der Waals surface area contributed by atoms with Crippen molar-refractivity contribution in [3.8, 4) is 0 Å². The normalized spacial score (nSPS) is 21.2. The van der Waals surface area contributed by atoms with Gasteiger partial charge in [-0.3, -0.25) is 14.5 Å². The minimum absolute atomic E-state index is 0.0617. The monoisotopic (exact) mass is 360 g/mol. The largest absolute Gasteiger partial charge is 0.465 e. The van der Waals surface area contributed by atoms with Crippen molar-refractivity contribution in [1.29, 1.82) is 0 Å². The maximum atomic E-state index is 12.9. The van der Waals surface area contributed by atoms with Gasteiger partial charge >= 0.3 is 5.97 Å². The molecule has 2 aromatic rings. The number of aromatic nitrogens is 3. The van der Waals surface area contributed by atoms with Crippen molar-refractivity contribution in [2.24, 2.45) is 5.92 Å². The van der Waals surface area contributed by atoms with Gasteiger partial charge in [0.1, 0.15) is 18.4 Å². The van der Waals surface area contributed by atoms with Crippen molar-refractivity contribution < 1.29 is 14.6 Å². The quantitative estimate of drug-likeness (QED) is 0.800. The van der Waals surface area contributed by atoms with E-state index in [1.165, 1.54) is 4.52 Å². The average molecular weight is 360 g/mol. The molecule has 26 heavy (non-hydrogen) atoms. The van der Waals surface area contributed by atoms with Gasteiger partial charge in [0.05, 0.1) is 23.6 Å². The lowest BCUT2D eigenvalue weighted by molar-refractivity contribution is -0.143. The third-order valence-electron chi connectivity index (χ3n) is 5.46. The number of aliphatic hydroxyl groups excluding tert-OH is 1. The van der Waals surface area contributed by atoms with E-state index in [1.807, 2.05) is 4.90 Å². The molecular formula is C18H24N4O4. The van der Waals surface area contributed by atoms with E-state index in [4.69, 9.17) is 4.74 Å². The summed E-state index contributed by atoms with van der Waals surface area (Å²) >= 11 is 0. The highest BCUT2D eigenvalue weighted by molar-refractivity contribution is 5.70. The number of aryl methyl sites for hydroxylation is 1. The second kappa shape index (κ2) is 6.21. The van der Waals surface area contributed by atoms with Gasteiger partial charge in [0, 0.05) is 18.7 Å². The summed E-state index contributed by atoms with van der Waals surface area (Å²) in [7, 11) is 0. The van der Waals surface area contributed by atoms with Gasteiger partial charge in [-0.2, -0.15) is 9.61 Å². The van der Waals surface area contributed by atoms with Crippen LogP contribution in [-0.2, 0) is 22.6 Å². The summed E-state index contributed by atoms with van der Waals surface area (Å²) in [5.41, 5.74) is 1.95. The van der Waals surface area contributed by atoms with E-state index in [9.17, 15) is 14.7 Å². The number of aliphatic hydroxyl groups is 1. The maximum Gasteiger partial charge on any atom is 0.326 e. The topological polar surface area (TPSA) is 89.1 Å². The summed E-state index contributed by atoms with van der Waals surface area (Å²) in [6.07, 6.45) is 1.38. The summed E-state index contributed by atoms with van der Waals surface area (Å²) in [5.74, 6) is 0.152. The maximum absolute atomic E-state index is 12.9. The van der Waals surface area contributed by atoms with Gasteiger partial charge in [0.2, 0.25) is 0 Å². The Morgan fingerprint density at radius 2 is 2.19 bits per heavy atom. The summed E-state index contributed by atoms with van der Waals surface area (Å²) in [4.78, 5) is 27.0. The molecule has 2 aliphatic rings. The molecule has 0 amide bonds. The van der Waals surface area contributed by atoms with Gasteiger partial charge in [-0.25, -0.2) is 0 Å². The van der Waals surface area contributed by atoms with Crippen molar-refractivity contribution in [1.82, 2.24) is 19.1 Å². The fourth-order valence-electron chi connectivity index (χ4n) is 3.94. The van der Waals surface area contributed by atoms with E-state index >= 15 is 0 Å². The Morgan fingerprint density at radius 3 is 2.85 bits per heavy atom. The molecule has 0 radical (unpaired) electrons. The van der Waals surface area contributed by atoms with Gasteiger partial charge in [0.25, 0.3) is 5.56 Å². The first-order valence-electron chi connectivity index (χ1n) is 9.13. The molecule has 1 saturated carbocycles. The molecule has 1 fully saturated rings. The van der Waals surface area contributed by atoms with E-state index in [1.54, 1.807) is 24.5 Å². The second-order valence-electron chi connectivity index (χ2n) is 7.24. The fraction of sp³-hybridized carbons (Fsp3) is 0.611. The Labute approximate surface area is 151 Å². The Bertz CT molecular complexity index is 927. The fourth-order valence-corrected chi connectivity index (χ4v) is 3.94. The van der Waals surface area contributed by atoms with Crippen LogP contribution in [0.1, 0.15) is 49.9 Å². The van der Waals surface area contributed by atoms with Crippen LogP contribution >= 0.6 is 0 Å². The van der Waals surface area contributed by atoms with Crippen LogP contribution in [0.15, 0.2) is 10.9 Å². The molecule has 1 aliphatic heterocycles. The van der Waals surface area contributed by atoms with Crippen LogP contribution < -0.4 is 5.56 Å². The third-order valence-corrected chi connectivity index (χ3v) is 5.46. The number of carbonyl (C=O) groups excluding carboxylic acids is 1. The molecule has 1 N–H and O–H groups in total. The number of nitrogens with zero attached hydrogens (tertiary/aromatic N) is 4. The molecule has 0 aromatic carbocycles. The van der Waals surface area contributed by atoms with Crippen LogP contribution in [0.2, 0.25) is 0 Å². The Balaban J connectivity index is 1.85. The SMILES string of the molecule is CCOC(=O)Cn1c2c(c(=O)n3nc(C)cc13)CN([C@H](C)C1CC1)C2O. The van der Waals surface area contributed by atoms with Crippen LogP contribution in [0, 0.1) is 12.8 Å². The van der Waals surface area contributed by atoms with Crippen LogP contribution in [0.5, 0.6) is 0 Å². The molecule has 3 heterocycles. The highest BCUT2D eigenvalue weighted by Gasteiger charge is 2.42. The number of hydrogen-bond donors (Lipinski definition) is 1. The molecule has 1 unspecified atom stereocenters. The van der Waals surface area contributed by atoms with E-state index in [0.717, 1.165) is 12.8 Å². The molecule has 2 atom stereocenters. The molecule has 0 saturated heterocycles. The van der Waals surface area contributed by atoms with Gasteiger partial charge < -0.3 is 14.4 Å². The summed E-state index contributed by atoms with van der Waals surface area (Å²) < 4.78 is 8.09. The van der Waals surface area contributed by atoms with Crippen LogP contribution in [0.4, 0.5) is 0 Å². The Morgan fingerprint density at radius 1 is 1.46 bits per heavy atom. The minimum atomic E-state index is -0.914. The molecule has 1 aliphatic carbocycles. The van der Waals surface area contributed by atoms with Gasteiger partial charge in [-0.15, -0.1) is 0 Å². The zero-order chi connectivity index (χ0) is 18.6. The van der Waals surface area contributed by atoms with Crippen LogP contribution in [-0.4, -0.2) is 42.8 Å². The Hall–Kier alpha value is -2.19. The first kappa shape index (κ1) is 17.2. The molecule has 2 aromatic heterocycles. The first-order chi connectivity index (χ1) is 12.4. The van der Waals surface area contributed by atoms with Crippen molar-refractivity contribution in [2.75, 3.05) is 6.61 Å². The van der Waals surface area contributed by atoms with Crippen molar-refractivity contribution in [2.45, 2.75) is 59.0 Å². The van der Waals surface area contributed by atoms with Crippen molar-refractivity contribution in [3.05, 3.63) is 33.4 Å². The van der Waals surface area contributed by atoms with Crippen LogP contribution in [0.25, 0.3) is 5.65 Å². The zero-order valence-electron chi connectivity index (χ0n) is 15.3. The molecule has 0 bridgehead atoms. The molecule has 140 valence electrons. The molecular weight excluding hydrogens is 336 g/mol. The smallest absolute Gasteiger partial charge is 0.326 e. The zero-order valence-corrected chi connectivity index (χ0v) is 15.3. The van der Waals surface area contributed by atoms with E-state index in [-0.39, 0.29) is 24.8 Å². The average Bonchev–Trinajstić information content (AvgIpc) is 3.28. The molecule has 0 spiro atoms. The number of ether oxygens (including phenoxy) is 1. The number of rotatable bonds is 5. The van der Waals surface area contributed by atoms with Crippen molar-refractivity contribution >= 4 is 11.6 Å². The number of hydrogen-bond acceptors (Lipinski definition) is 6. The molecule has 8 nitrogen and oxygen atoms in total. The highest BCUT2D eigenvalue weighted by atomic mass is 16.5. The minimum Gasteiger partial charge on any atom is -0.465 e. The van der Waals surface area contributed by atoms with E-state index in [0.29, 0.717) is 35.1 Å². The Kier molecular flexibility index (Phi) is 4.11. The van der Waals surface area contributed by atoms with Crippen molar-refractivity contribution in [3.63, 3.8) is 0 Å². The lowest BCUT2D eigenvalue weighted by Crippen LogP contribution is -2.34. The predicted octanol–water partition coefficient (Wildman–Crippen LogP) is 0.973. The molecule has 4 rings (SSSR count). The summed E-state index contributed by atoms with van der Waals surface area (Å²) in [6, 6.07) is 1.93. The van der Waals surface area contributed by atoms with Gasteiger partial charge in [-0.1, -0.05) is 0 Å². The number of esters is 1. The summed E-state index contributed by atoms with van der Waals surface area (Å²) in [5, 5.41) is 15.3. The van der Waals surface area contributed by atoms with Gasteiger partial charge in [-0.05, 0) is 39.5 Å². The standard InChI is InChI=1S/C18H24N4O4/c1-4-26-15(23)9-21-14-7-10(2)19-22(14)17(24)13-8-20(18(25)16(13)21)11(3)12-5-6-12/h7,11-12,18,25H,4-6,8-9H2,1-3H3/t11-,18?/m1/s1. The summed E-state index contributed by atoms with van der Waals surface area (Å²) in [6.45, 7) is 6.22. The van der Waals surface area contributed by atoms with Crippen LogP contribution in [0.3, 0.4) is 0 Å². The number of fused-ring (bicyclic) bond motifs is 2. The lowest BCUT2D eigenvalue weighted by atomic mass is 10.2. The van der Waals surface area contributed by atoms with E-state index < -0.39 is 12.2 Å². The predicted molar refractivity (Wildman–Crippen MR) is 93.5 cm³/mol. The third kappa shape index (κ3) is 2.64. The first-order valence-corrected chi connectivity index (χ1v) is 9.13. The molecule has 8 heteroatoms.